The zero-order valence-corrected chi connectivity index (χ0v) is 15.1. The van der Waals surface area contributed by atoms with Crippen LogP contribution in [-0.4, -0.2) is 17.0 Å². The molecule has 1 heterocycles. The zero-order valence-electron chi connectivity index (χ0n) is 15.1. The van der Waals surface area contributed by atoms with Crippen LogP contribution in [0.1, 0.15) is 28.4 Å². The van der Waals surface area contributed by atoms with Crippen LogP contribution in [0.3, 0.4) is 0 Å². The van der Waals surface area contributed by atoms with E-state index in [1.807, 2.05) is 68.4 Å². The van der Waals surface area contributed by atoms with Crippen molar-refractivity contribution in [3.63, 3.8) is 0 Å². The van der Waals surface area contributed by atoms with E-state index in [1.165, 1.54) is 0 Å². The van der Waals surface area contributed by atoms with Crippen LogP contribution < -0.4 is 10.5 Å². The molecule has 0 fully saturated rings. The quantitative estimate of drug-likeness (QED) is 0.704. The van der Waals surface area contributed by atoms with E-state index in [-0.39, 0.29) is 17.0 Å². The fourth-order valence-electron chi connectivity index (χ4n) is 2.99. The van der Waals surface area contributed by atoms with Crippen molar-refractivity contribution in [1.29, 1.82) is 0 Å². The number of amides is 1. The Kier molecular flexibility index (Phi) is 5.32. The molecule has 0 radical (unpaired) electrons. The molecular weight excluding hydrogens is 324 g/mol. The van der Waals surface area contributed by atoms with Crippen LogP contribution in [0.5, 0.6) is 0 Å². The monoisotopic (exact) mass is 346 g/mol. The molecule has 0 aliphatic rings. The number of hydrogen-bond acceptors (Lipinski definition) is 2. The van der Waals surface area contributed by atoms with Crippen molar-refractivity contribution in [2.24, 2.45) is 0 Å². The third-order valence-electron chi connectivity index (χ3n) is 4.48. The molecule has 0 unspecified atom stereocenters. The SMILES string of the molecule is CCN(C(=O)c1cccn(Cc2ccccc2C)c1=O)c1ccccc1. The molecule has 0 aliphatic carbocycles. The van der Waals surface area contributed by atoms with Gasteiger partial charge >= 0.3 is 0 Å². The summed E-state index contributed by atoms with van der Waals surface area (Å²) in [5.74, 6) is -0.275. The maximum absolute atomic E-state index is 13.0. The highest BCUT2D eigenvalue weighted by molar-refractivity contribution is 6.05. The number of anilines is 1. The lowest BCUT2D eigenvalue weighted by atomic mass is 10.1. The maximum Gasteiger partial charge on any atom is 0.263 e. The third-order valence-corrected chi connectivity index (χ3v) is 4.48. The molecule has 0 bridgehead atoms. The van der Waals surface area contributed by atoms with Crippen molar-refractivity contribution in [2.45, 2.75) is 20.4 Å². The lowest BCUT2D eigenvalue weighted by Crippen LogP contribution is -2.36. The normalized spacial score (nSPS) is 10.5. The molecule has 1 aromatic heterocycles. The summed E-state index contributed by atoms with van der Waals surface area (Å²) >= 11 is 0. The highest BCUT2D eigenvalue weighted by atomic mass is 16.2. The third kappa shape index (κ3) is 3.59. The molecule has 4 heteroatoms. The average molecular weight is 346 g/mol. The van der Waals surface area contributed by atoms with Gasteiger partial charge in [-0.3, -0.25) is 9.59 Å². The number of rotatable bonds is 5. The Hall–Kier alpha value is -3.14. The summed E-state index contributed by atoms with van der Waals surface area (Å²) in [6.45, 7) is 4.86. The molecule has 1 amide bonds. The molecule has 0 saturated heterocycles. The Morgan fingerprint density at radius 2 is 1.65 bits per heavy atom. The van der Waals surface area contributed by atoms with E-state index in [1.54, 1.807) is 27.8 Å². The van der Waals surface area contributed by atoms with Gasteiger partial charge in [-0.15, -0.1) is 0 Å². The lowest BCUT2D eigenvalue weighted by Gasteiger charge is -2.21. The summed E-state index contributed by atoms with van der Waals surface area (Å²) in [6.07, 6.45) is 1.73. The molecule has 0 saturated carbocycles. The van der Waals surface area contributed by atoms with Crippen molar-refractivity contribution >= 4 is 11.6 Å². The second kappa shape index (κ2) is 7.83. The Labute approximate surface area is 153 Å². The molecule has 2 aromatic carbocycles. The first kappa shape index (κ1) is 17.7. The van der Waals surface area contributed by atoms with Crippen molar-refractivity contribution in [3.05, 3.63) is 100.0 Å². The van der Waals surface area contributed by atoms with Crippen LogP contribution in [0.4, 0.5) is 5.69 Å². The van der Waals surface area contributed by atoms with Gasteiger partial charge in [0, 0.05) is 18.4 Å². The van der Waals surface area contributed by atoms with E-state index < -0.39 is 0 Å². The van der Waals surface area contributed by atoms with E-state index in [0.717, 1.165) is 16.8 Å². The van der Waals surface area contributed by atoms with Gasteiger partial charge in [0.05, 0.1) is 6.54 Å². The van der Waals surface area contributed by atoms with Gasteiger partial charge < -0.3 is 9.47 Å². The second-order valence-electron chi connectivity index (χ2n) is 6.17. The van der Waals surface area contributed by atoms with E-state index >= 15 is 0 Å². The number of carbonyl (C=O) groups is 1. The second-order valence-corrected chi connectivity index (χ2v) is 6.17. The summed E-state index contributed by atoms with van der Waals surface area (Å²) in [5.41, 5.74) is 2.89. The molecule has 26 heavy (non-hydrogen) atoms. The molecule has 0 spiro atoms. The minimum absolute atomic E-state index is 0.187. The van der Waals surface area contributed by atoms with Gasteiger partial charge in [0.25, 0.3) is 11.5 Å². The summed E-state index contributed by atoms with van der Waals surface area (Å²) in [6, 6.07) is 20.7. The fraction of sp³-hybridized carbons (Fsp3) is 0.182. The van der Waals surface area contributed by atoms with Gasteiger partial charge in [-0.05, 0) is 49.2 Å². The summed E-state index contributed by atoms with van der Waals surface area (Å²) < 4.78 is 1.59. The number of aryl methyl sites for hydroxylation is 1. The van der Waals surface area contributed by atoms with Crippen molar-refractivity contribution in [3.8, 4) is 0 Å². The predicted octanol–water partition coefficient (Wildman–Crippen LogP) is 3.87. The molecule has 0 aliphatic heterocycles. The number of hydrogen-bond donors (Lipinski definition) is 0. The Balaban J connectivity index is 1.95. The standard InChI is InChI=1S/C22H22N2O2/c1-3-24(19-12-5-4-6-13-19)22(26)20-14-9-15-23(21(20)25)16-18-11-8-7-10-17(18)2/h4-15H,3,16H2,1-2H3. The molecule has 132 valence electrons. The number of pyridine rings is 1. The van der Waals surface area contributed by atoms with Crippen LogP contribution in [0.15, 0.2) is 77.7 Å². The van der Waals surface area contributed by atoms with Crippen LogP contribution >= 0.6 is 0 Å². The van der Waals surface area contributed by atoms with Crippen LogP contribution in [0.2, 0.25) is 0 Å². The summed E-state index contributed by atoms with van der Waals surface area (Å²) in [7, 11) is 0. The molecule has 0 atom stereocenters. The number of para-hydroxylation sites is 1. The lowest BCUT2D eigenvalue weighted by molar-refractivity contribution is 0.0986. The first-order valence-corrected chi connectivity index (χ1v) is 8.72. The number of benzene rings is 2. The smallest absolute Gasteiger partial charge is 0.263 e. The zero-order chi connectivity index (χ0) is 18.5. The van der Waals surface area contributed by atoms with Crippen molar-refractivity contribution in [2.75, 3.05) is 11.4 Å². The highest BCUT2D eigenvalue weighted by Gasteiger charge is 2.19. The molecule has 4 nitrogen and oxygen atoms in total. The predicted molar refractivity (Wildman–Crippen MR) is 105 cm³/mol. The highest BCUT2D eigenvalue weighted by Crippen LogP contribution is 2.15. The van der Waals surface area contributed by atoms with E-state index in [0.29, 0.717) is 13.1 Å². The van der Waals surface area contributed by atoms with Crippen molar-refractivity contribution < 1.29 is 4.79 Å². The van der Waals surface area contributed by atoms with Gasteiger partial charge in [0.15, 0.2) is 0 Å². The number of aromatic nitrogens is 1. The summed E-state index contributed by atoms with van der Waals surface area (Å²) in [4.78, 5) is 27.5. The number of nitrogens with zero attached hydrogens (tertiary/aromatic N) is 2. The van der Waals surface area contributed by atoms with E-state index in [9.17, 15) is 9.59 Å². The molecular formula is C22H22N2O2. The van der Waals surface area contributed by atoms with E-state index in [4.69, 9.17) is 0 Å². The number of carbonyl (C=O) groups excluding carboxylic acids is 1. The van der Waals surface area contributed by atoms with E-state index in [2.05, 4.69) is 0 Å². The van der Waals surface area contributed by atoms with Crippen LogP contribution in [0.25, 0.3) is 0 Å². The maximum atomic E-state index is 13.0. The van der Waals surface area contributed by atoms with Crippen molar-refractivity contribution in [1.82, 2.24) is 4.57 Å². The largest absolute Gasteiger partial charge is 0.310 e. The Morgan fingerprint density at radius 1 is 0.962 bits per heavy atom. The van der Waals surface area contributed by atoms with Crippen LogP contribution in [0, 0.1) is 6.92 Å². The van der Waals surface area contributed by atoms with Gasteiger partial charge in [-0.1, -0.05) is 42.5 Å². The average Bonchev–Trinajstić information content (AvgIpc) is 2.66. The Morgan fingerprint density at radius 3 is 2.35 bits per heavy atom. The van der Waals surface area contributed by atoms with Gasteiger partial charge in [0.1, 0.15) is 5.56 Å². The summed E-state index contributed by atoms with van der Waals surface area (Å²) in [5, 5.41) is 0. The minimum atomic E-state index is -0.275. The first-order valence-electron chi connectivity index (χ1n) is 8.72. The fourth-order valence-corrected chi connectivity index (χ4v) is 2.99. The Bertz CT molecular complexity index is 961. The molecule has 3 aromatic rings. The molecule has 3 rings (SSSR count). The van der Waals surface area contributed by atoms with Gasteiger partial charge in [-0.2, -0.15) is 0 Å². The topological polar surface area (TPSA) is 42.3 Å². The van der Waals surface area contributed by atoms with Gasteiger partial charge in [0.2, 0.25) is 0 Å². The van der Waals surface area contributed by atoms with Crippen LogP contribution in [-0.2, 0) is 6.54 Å². The first-order chi connectivity index (χ1) is 12.6. The minimum Gasteiger partial charge on any atom is -0.310 e. The molecule has 0 N–H and O–H groups in total. The van der Waals surface area contributed by atoms with Gasteiger partial charge in [-0.25, -0.2) is 0 Å².